The zero-order valence-corrected chi connectivity index (χ0v) is 12.2. The Kier molecular flexibility index (Phi) is 5.81. The Bertz CT molecular complexity index is 321. The van der Waals surface area contributed by atoms with Gasteiger partial charge in [-0.2, -0.15) is 0 Å². The van der Waals surface area contributed by atoms with Gasteiger partial charge >= 0.3 is 0 Å². The maximum Gasteiger partial charge on any atom is 0.261 e. The lowest BCUT2D eigenvalue weighted by Crippen LogP contribution is -2.26. The first-order valence-corrected chi connectivity index (χ1v) is 6.86. The van der Waals surface area contributed by atoms with E-state index < -0.39 is 0 Å². The highest BCUT2D eigenvalue weighted by Crippen LogP contribution is 2.32. The van der Waals surface area contributed by atoms with Crippen molar-refractivity contribution in [1.82, 2.24) is 5.32 Å². The number of nitrogens with one attached hydrogen (secondary N) is 1. The van der Waals surface area contributed by atoms with Gasteiger partial charge in [0.25, 0.3) is 5.91 Å². The highest BCUT2D eigenvalue weighted by atomic mass is 79.9. The number of rotatable bonds is 5. The fraction of sp³-hybridized carbons (Fsp3) is 0.444. The summed E-state index contributed by atoms with van der Waals surface area (Å²) in [6, 6.07) is 1.80. The van der Waals surface area contributed by atoms with Crippen LogP contribution in [0.25, 0.3) is 0 Å². The number of hydrogen-bond acceptors (Lipinski definition) is 3. The largest absolute Gasteiger partial charge is 0.380 e. The van der Waals surface area contributed by atoms with Crippen molar-refractivity contribution in [3.8, 4) is 0 Å². The molecule has 0 atom stereocenters. The Hall–Kier alpha value is 0.0900. The maximum absolute atomic E-state index is 11.6. The fourth-order valence-electron chi connectivity index (χ4n) is 0.927. The first kappa shape index (κ1) is 13.2. The summed E-state index contributed by atoms with van der Waals surface area (Å²) in [5.41, 5.74) is 0. The number of amides is 1. The molecule has 84 valence electrons. The van der Waals surface area contributed by atoms with Crippen molar-refractivity contribution >= 4 is 49.1 Å². The Morgan fingerprint density at radius 3 is 2.87 bits per heavy atom. The van der Waals surface area contributed by atoms with Crippen molar-refractivity contribution in [2.75, 3.05) is 19.8 Å². The molecule has 0 aromatic carbocycles. The van der Waals surface area contributed by atoms with Crippen LogP contribution in [0.5, 0.6) is 0 Å². The Labute approximate surface area is 109 Å². The molecule has 0 aliphatic carbocycles. The van der Waals surface area contributed by atoms with E-state index in [-0.39, 0.29) is 5.91 Å². The molecule has 0 saturated heterocycles. The molecule has 15 heavy (non-hydrogen) atoms. The lowest BCUT2D eigenvalue weighted by molar-refractivity contribution is 0.0926. The van der Waals surface area contributed by atoms with Gasteiger partial charge in [-0.05, 0) is 44.8 Å². The first-order chi connectivity index (χ1) is 7.15. The van der Waals surface area contributed by atoms with Crippen LogP contribution in [-0.2, 0) is 4.74 Å². The van der Waals surface area contributed by atoms with Crippen molar-refractivity contribution in [2.45, 2.75) is 6.92 Å². The van der Waals surface area contributed by atoms with E-state index in [0.29, 0.717) is 24.6 Å². The van der Waals surface area contributed by atoms with Crippen LogP contribution in [0.4, 0.5) is 0 Å². The third-order valence-electron chi connectivity index (χ3n) is 1.61. The maximum atomic E-state index is 11.6. The number of carbonyl (C=O) groups excluding carboxylic acids is 1. The lowest BCUT2D eigenvalue weighted by atomic mass is 10.4. The van der Waals surface area contributed by atoms with E-state index in [4.69, 9.17) is 4.74 Å². The van der Waals surface area contributed by atoms with Gasteiger partial charge in [0.15, 0.2) is 0 Å². The molecule has 0 fully saturated rings. The number of hydrogen-bond donors (Lipinski definition) is 1. The van der Waals surface area contributed by atoms with Crippen LogP contribution in [0, 0.1) is 0 Å². The molecule has 0 unspecified atom stereocenters. The number of thiophene rings is 1. The predicted octanol–water partition coefficient (Wildman–Crippen LogP) is 3.04. The number of carbonyl (C=O) groups is 1. The van der Waals surface area contributed by atoms with E-state index in [1.165, 1.54) is 11.3 Å². The molecule has 0 aliphatic rings. The van der Waals surface area contributed by atoms with Crippen LogP contribution >= 0.6 is 43.2 Å². The van der Waals surface area contributed by atoms with Crippen LogP contribution in [0.15, 0.2) is 14.3 Å². The van der Waals surface area contributed by atoms with E-state index >= 15 is 0 Å². The Balaban J connectivity index is 2.40. The molecule has 0 aliphatic heterocycles. The van der Waals surface area contributed by atoms with E-state index in [0.717, 1.165) is 8.26 Å². The van der Waals surface area contributed by atoms with Crippen molar-refractivity contribution < 1.29 is 9.53 Å². The van der Waals surface area contributed by atoms with Crippen LogP contribution in [0.2, 0.25) is 0 Å². The standard InChI is InChI=1S/C9H11Br2NO2S/c1-2-14-4-3-12-9(13)7-5-6(10)8(11)15-7/h5H,2-4H2,1H3,(H,12,13). The summed E-state index contributed by atoms with van der Waals surface area (Å²) in [6.45, 7) is 3.69. The van der Waals surface area contributed by atoms with Gasteiger partial charge in [0.1, 0.15) is 0 Å². The van der Waals surface area contributed by atoms with Gasteiger partial charge in [-0.25, -0.2) is 0 Å². The summed E-state index contributed by atoms with van der Waals surface area (Å²) in [5, 5.41) is 2.78. The summed E-state index contributed by atoms with van der Waals surface area (Å²) in [7, 11) is 0. The van der Waals surface area contributed by atoms with Gasteiger partial charge < -0.3 is 10.1 Å². The topological polar surface area (TPSA) is 38.3 Å². The first-order valence-electron chi connectivity index (χ1n) is 4.46. The van der Waals surface area contributed by atoms with Gasteiger partial charge in [-0.1, -0.05) is 0 Å². The van der Waals surface area contributed by atoms with Gasteiger partial charge in [-0.15, -0.1) is 11.3 Å². The second-order valence-corrected chi connectivity index (χ2v) is 5.91. The molecule has 1 aromatic rings. The van der Waals surface area contributed by atoms with Crippen LogP contribution < -0.4 is 5.32 Å². The third kappa shape index (κ3) is 4.22. The molecule has 1 aromatic heterocycles. The van der Waals surface area contributed by atoms with Crippen molar-refractivity contribution in [3.05, 3.63) is 19.2 Å². The van der Waals surface area contributed by atoms with Gasteiger partial charge in [0, 0.05) is 17.6 Å². The summed E-state index contributed by atoms with van der Waals surface area (Å²) in [4.78, 5) is 12.3. The highest BCUT2D eigenvalue weighted by molar-refractivity contribution is 9.13. The van der Waals surface area contributed by atoms with E-state index in [9.17, 15) is 4.79 Å². The molecule has 0 radical (unpaired) electrons. The molecule has 1 rings (SSSR count). The monoisotopic (exact) mass is 355 g/mol. The van der Waals surface area contributed by atoms with Crippen LogP contribution in [-0.4, -0.2) is 25.7 Å². The second-order valence-electron chi connectivity index (χ2n) is 2.69. The molecule has 3 nitrogen and oxygen atoms in total. The van der Waals surface area contributed by atoms with Crippen LogP contribution in [0.3, 0.4) is 0 Å². The third-order valence-corrected chi connectivity index (χ3v) is 4.86. The van der Waals surface area contributed by atoms with Gasteiger partial charge in [0.05, 0.1) is 15.3 Å². The summed E-state index contributed by atoms with van der Waals surface area (Å²) >= 11 is 8.08. The van der Waals surface area contributed by atoms with E-state index in [1.807, 2.05) is 6.92 Å². The predicted molar refractivity (Wildman–Crippen MR) is 68.5 cm³/mol. The molecule has 1 heterocycles. The van der Waals surface area contributed by atoms with Crippen molar-refractivity contribution in [2.24, 2.45) is 0 Å². The average molecular weight is 357 g/mol. The Morgan fingerprint density at radius 2 is 2.33 bits per heavy atom. The SMILES string of the molecule is CCOCCNC(=O)c1cc(Br)c(Br)s1. The molecule has 0 spiro atoms. The van der Waals surface area contributed by atoms with Gasteiger partial charge in [-0.3, -0.25) is 4.79 Å². The quantitative estimate of drug-likeness (QED) is 0.823. The van der Waals surface area contributed by atoms with Crippen molar-refractivity contribution in [3.63, 3.8) is 0 Å². The van der Waals surface area contributed by atoms with Crippen molar-refractivity contribution in [1.29, 1.82) is 0 Å². The molecule has 6 heteroatoms. The average Bonchev–Trinajstić information content (AvgIpc) is 2.54. The summed E-state index contributed by atoms with van der Waals surface area (Å²) in [6.07, 6.45) is 0. The molecular weight excluding hydrogens is 346 g/mol. The molecule has 1 N–H and O–H groups in total. The molecule has 0 bridgehead atoms. The molecular formula is C9H11Br2NO2S. The summed E-state index contributed by atoms with van der Waals surface area (Å²) < 4.78 is 6.95. The smallest absolute Gasteiger partial charge is 0.261 e. The minimum Gasteiger partial charge on any atom is -0.380 e. The molecule has 0 saturated carbocycles. The van der Waals surface area contributed by atoms with E-state index in [1.54, 1.807) is 6.07 Å². The minimum atomic E-state index is -0.0638. The fourth-order valence-corrected chi connectivity index (χ4v) is 2.88. The summed E-state index contributed by atoms with van der Waals surface area (Å²) in [5.74, 6) is -0.0638. The normalized spacial score (nSPS) is 10.3. The van der Waals surface area contributed by atoms with Crippen LogP contribution in [0.1, 0.15) is 16.6 Å². The van der Waals surface area contributed by atoms with Gasteiger partial charge in [0.2, 0.25) is 0 Å². The minimum absolute atomic E-state index is 0.0638. The molecule has 1 amide bonds. The Morgan fingerprint density at radius 1 is 1.60 bits per heavy atom. The van der Waals surface area contributed by atoms with E-state index in [2.05, 4.69) is 37.2 Å². The second kappa shape index (κ2) is 6.62. The number of halogens is 2. The number of ether oxygens (including phenoxy) is 1. The zero-order valence-electron chi connectivity index (χ0n) is 8.18. The highest BCUT2D eigenvalue weighted by Gasteiger charge is 2.10. The lowest BCUT2D eigenvalue weighted by Gasteiger charge is -2.02. The zero-order chi connectivity index (χ0) is 11.3.